The van der Waals surface area contributed by atoms with Gasteiger partial charge in [-0.2, -0.15) is 0 Å². The van der Waals surface area contributed by atoms with Gasteiger partial charge in [0, 0.05) is 25.7 Å². The van der Waals surface area contributed by atoms with Gasteiger partial charge in [-0.05, 0) is 49.4 Å². The third-order valence-electron chi connectivity index (χ3n) is 21.1. The Kier molecular flexibility index (Phi) is 77.2. The summed E-state index contributed by atoms with van der Waals surface area (Å²) in [5, 5.41) is 10.7. The van der Waals surface area contributed by atoms with Gasteiger partial charge in [-0.15, -0.1) is 0 Å². The van der Waals surface area contributed by atoms with Crippen LogP contribution in [0.1, 0.15) is 473 Å². The molecule has 19 heteroatoms. The number of carbonyl (C=O) groups excluding carboxylic acids is 4. The molecule has 109 heavy (non-hydrogen) atoms. The van der Waals surface area contributed by atoms with Crippen LogP contribution in [0.25, 0.3) is 0 Å². The second-order valence-corrected chi connectivity index (χ2v) is 37.2. The fourth-order valence-corrected chi connectivity index (χ4v) is 15.6. The smallest absolute Gasteiger partial charge is 0.462 e. The summed E-state index contributed by atoms with van der Waals surface area (Å²) in [4.78, 5) is 73.3. The van der Waals surface area contributed by atoms with E-state index in [1.165, 1.54) is 270 Å². The number of unbranched alkanes of at least 4 members (excludes halogenated alkanes) is 53. The standard InChI is InChI=1S/C90H176O17P2/c1-80(2)66-58-50-42-35-29-23-17-13-9-11-15-19-26-32-38-46-54-62-70-87(92)100-76-85(106-89(94)72-64-56-47-39-33-27-20-16-12-10-14-18-24-30-36-43-51-59-67-81(3)4)78-104-108(96,97)102-74-84(91)75-103-109(98,99)105-79-86(77-101-88(93)71-63-55-49-41-45-53-61-69-83(7)8)107-90(95)73-65-57-48-40-34-28-22-21-25-31-37-44-52-60-68-82(5)6/h80-86,91H,9-79H2,1-8H3,(H,96,97)(H,98,99)/t84?,85-,86-/m1/s1. The lowest BCUT2D eigenvalue weighted by molar-refractivity contribution is -0.161. The number of esters is 4. The van der Waals surface area contributed by atoms with Crippen molar-refractivity contribution in [2.75, 3.05) is 39.6 Å². The minimum atomic E-state index is -4.97. The minimum absolute atomic E-state index is 0.107. The maximum absolute atomic E-state index is 13.2. The summed E-state index contributed by atoms with van der Waals surface area (Å²) < 4.78 is 69.0. The van der Waals surface area contributed by atoms with Crippen molar-refractivity contribution in [3.05, 3.63) is 0 Å². The van der Waals surface area contributed by atoms with Gasteiger partial charge in [0.2, 0.25) is 0 Å². The number of hydrogen-bond donors (Lipinski definition) is 3. The van der Waals surface area contributed by atoms with Crippen LogP contribution >= 0.6 is 15.6 Å². The Labute approximate surface area is 670 Å². The number of rotatable bonds is 87. The zero-order valence-corrected chi connectivity index (χ0v) is 74.0. The summed E-state index contributed by atoms with van der Waals surface area (Å²) in [5.74, 6) is 1.04. The highest BCUT2D eigenvalue weighted by Gasteiger charge is 2.31. The van der Waals surface area contributed by atoms with Crippen molar-refractivity contribution in [3.8, 4) is 0 Å². The van der Waals surface area contributed by atoms with Crippen LogP contribution in [0.3, 0.4) is 0 Å². The summed E-state index contributed by atoms with van der Waals surface area (Å²) in [6.07, 6.45) is 69.6. The van der Waals surface area contributed by atoms with Gasteiger partial charge in [0.25, 0.3) is 0 Å². The Bertz CT molecular complexity index is 2110. The summed E-state index contributed by atoms with van der Waals surface area (Å²) in [7, 11) is -9.93. The molecule has 0 aliphatic rings. The van der Waals surface area contributed by atoms with E-state index in [1.54, 1.807) is 0 Å². The zero-order chi connectivity index (χ0) is 80.2. The molecule has 0 bridgehead atoms. The molecule has 0 aromatic rings. The topological polar surface area (TPSA) is 237 Å². The Hall–Kier alpha value is -1.94. The Morgan fingerprint density at radius 2 is 0.385 bits per heavy atom. The molecule has 0 spiro atoms. The quantitative estimate of drug-likeness (QED) is 0.0222. The van der Waals surface area contributed by atoms with Crippen molar-refractivity contribution in [2.45, 2.75) is 491 Å². The summed E-state index contributed by atoms with van der Waals surface area (Å²) >= 11 is 0. The van der Waals surface area contributed by atoms with Gasteiger partial charge in [-0.1, -0.05) is 421 Å². The van der Waals surface area contributed by atoms with Gasteiger partial charge >= 0.3 is 39.5 Å². The maximum Gasteiger partial charge on any atom is 0.472 e. The van der Waals surface area contributed by atoms with Crippen molar-refractivity contribution < 1.29 is 80.2 Å². The van der Waals surface area contributed by atoms with Gasteiger partial charge in [0.15, 0.2) is 12.2 Å². The molecule has 0 saturated heterocycles. The fraction of sp³-hybridized carbons (Fsp3) is 0.956. The lowest BCUT2D eigenvalue weighted by atomic mass is 10.0. The number of aliphatic hydroxyl groups excluding tert-OH is 1. The van der Waals surface area contributed by atoms with Crippen LogP contribution in [0.5, 0.6) is 0 Å². The summed E-state index contributed by atoms with van der Waals surface area (Å²) in [6, 6.07) is 0. The highest BCUT2D eigenvalue weighted by Crippen LogP contribution is 2.45. The monoisotopic (exact) mass is 1590 g/mol. The molecule has 0 heterocycles. The molecule has 0 aliphatic carbocycles. The Morgan fingerprint density at radius 1 is 0.229 bits per heavy atom. The van der Waals surface area contributed by atoms with Crippen molar-refractivity contribution in [1.29, 1.82) is 0 Å². The van der Waals surface area contributed by atoms with E-state index < -0.39 is 97.5 Å². The molecule has 17 nitrogen and oxygen atoms in total. The molecule has 0 aromatic heterocycles. The third-order valence-corrected chi connectivity index (χ3v) is 23.0. The van der Waals surface area contributed by atoms with E-state index in [1.807, 2.05) is 0 Å². The molecule has 3 unspecified atom stereocenters. The first kappa shape index (κ1) is 107. The van der Waals surface area contributed by atoms with Crippen molar-refractivity contribution in [2.24, 2.45) is 23.7 Å². The first-order valence-corrected chi connectivity index (χ1v) is 49.2. The molecular formula is C90H176O17P2. The maximum atomic E-state index is 13.2. The minimum Gasteiger partial charge on any atom is -0.462 e. The van der Waals surface area contributed by atoms with Gasteiger partial charge in [-0.25, -0.2) is 9.13 Å². The highest BCUT2D eigenvalue weighted by molar-refractivity contribution is 7.47. The number of aliphatic hydroxyl groups is 1. The van der Waals surface area contributed by atoms with Crippen LogP contribution in [0, 0.1) is 23.7 Å². The van der Waals surface area contributed by atoms with Crippen LogP contribution < -0.4 is 0 Å². The summed E-state index contributed by atoms with van der Waals surface area (Å²) in [6.45, 7) is 14.3. The lowest BCUT2D eigenvalue weighted by Gasteiger charge is -2.21. The van der Waals surface area contributed by atoms with E-state index in [0.717, 1.165) is 114 Å². The Balaban J connectivity index is 5.22. The SMILES string of the molecule is CC(C)CCCCCCCCCCCCCCCCCCCCC(=O)OC[C@H](COP(=O)(O)OCC(O)COP(=O)(O)OC[C@@H](COC(=O)CCCCCCCCCC(C)C)OC(=O)CCCCCCCCCCCCCCCCC(C)C)OC(=O)CCCCCCCCCCCCCCCCCCCCC(C)C. The van der Waals surface area contributed by atoms with E-state index in [4.69, 9.17) is 37.0 Å². The molecule has 0 amide bonds. The van der Waals surface area contributed by atoms with Crippen molar-refractivity contribution in [1.82, 2.24) is 0 Å². The van der Waals surface area contributed by atoms with E-state index in [0.29, 0.717) is 31.6 Å². The number of phosphoric ester groups is 2. The van der Waals surface area contributed by atoms with Gasteiger partial charge < -0.3 is 33.8 Å². The van der Waals surface area contributed by atoms with Gasteiger partial charge in [0.1, 0.15) is 19.3 Å². The molecule has 0 fully saturated rings. The van der Waals surface area contributed by atoms with Crippen LogP contribution in [-0.2, 0) is 65.4 Å². The molecule has 0 radical (unpaired) electrons. The molecular weight excluding hydrogens is 1410 g/mol. The normalized spacial score (nSPS) is 13.9. The van der Waals surface area contributed by atoms with Crippen molar-refractivity contribution >= 4 is 39.5 Å². The van der Waals surface area contributed by atoms with E-state index >= 15 is 0 Å². The van der Waals surface area contributed by atoms with Crippen LogP contribution in [-0.4, -0.2) is 96.7 Å². The largest absolute Gasteiger partial charge is 0.472 e. The Morgan fingerprint density at radius 3 is 0.569 bits per heavy atom. The number of carbonyl (C=O) groups is 4. The predicted octanol–water partition coefficient (Wildman–Crippen LogP) is 27.5. The van der Waals surface area contributed by atoms with Crippen molar-refractivity contribution in [3.63, 3.8) is 0 Å². The van der Waals surface area contributed by atoms with E-state index in [-0.39, 0.29) is 25.7 Å². The third kappa shape index (κ3) is 83.8. The second-order valence-electron chi connectivity index (χ2n) is 34.2. The van der Waals surface area contributed by atoms with Gasteiger partial charge in [0.05, 0.1) is 26.4 Å². The number of phosphoric acid groups is 2. The molecule has 3 N–H and O–H groups in total. The van der Waals surface area contributed by atoms with Crippen LogP contribution in [0.2, 0.25) is 0 Å². The van der Waals surface area contributed by atoms with Crippen LogP contribution in [0.4, 0.5) is 0 Å². The van der Waals surface area contributed by atoms with Gasteiger partial charge in [-0.3, -0.25) is 37.3 Å². The highest BCUT2D eigenvalue weighted by atomic mass is 31.2. The van der Waals surface area contributed by atoms with E-state index in [2.05, 4.69) is 55.4 Å². The lowest BCUT2D eigenvalue weighted by Crippen LogP contribution is -2.30. The summed E-state index contributed by atoms with van der Waals surface area (Å²) in [5.41, 5.74) is 0. The molecule has 0 saturated carbocycles. The first-order valence-electron chi connectivity index (χ1n) is 46.2. The average molecular weight is 1590 g/mol. The predicted molar refractivity (Wildman–Crippen MR) is 451 cm³/mol. The molecule has 0 rings (SSSR count). The fourth-order valence-electron chi connectivity index (χ4n) is 14.0. The molecule has 5 atom stereocenters. The number of ether oxygens (including phenoxy) is 4. The molecule has 648 valence electrons. The second kappa shape index (κ2) is 78.6. The zero-order valence-electron chi connectivity index (χ0n) is 72.2. The molecule has 0 aromatic carbocycles. The van der Waals surface area contributed by atoms with E-state index in [9.17, 15) is 43.2 Å². The molecule has 0 aliphatic heterocycles. The number of hydrogen-bond acceptors (Lipinski definition) is 15. The first-order chi connectivity index (χ1) is 52.6. The van der Waals surface area contributed by atoms with Crippen LogP contribution in [0.15, 0.2) is 0 Å². The average Bonchev–Trinajstić information content (AvgIpc) is 0.894.